The Morgan fingerprint density at radius 1 is 1.06 bits per heavy atom. The number of rotatable bonds is 12. The lowest BCUT2D eigenvalue weighted by molar-refractivity contribution is -0.141. The molecule has 2 aromatic carbocycles. The highest BCUT2D eigenvalue weighted by Crippen LogP contribution is 2.29. The molecule has 0 saturated heterocycles. The summed E-state index contributed by atoms with van der Waals surface area (Å²) in [4.78, 5) is 27.7. The maximum Gasteiger partial charge on any atom is 0.242 e. The Morgan fingerprint density at radius 2 is 1.75 bits per heavy atom. The fourth-order valence-electron chi connectivity index (χ4n) is 3.89. The van der Waals surface area contributed by atoms with Crippen molar-refractivity contribution in [1.82, 2.24) is 10.2 Å². The number of anilines is 1. The molecule has 0 heterocycles. The standard InChI is InChI=1S/C25H32Cl3N3O4S/c1-5-22(25(33)29-6-2)30(16-18-12-13-19(26)15-21(18)28)24(32)11-8-14-31(36(4,34)35)23-10-7-9-20(27)17(23)3/h7,9-10,12-13,15,22H,5-6,8,11,14,16H2,1-4H3,(H,29,33)/t22-/m1/s1. The number of amides is 2. The van der Waals surface area contributed by atoms with Crippen LogP contribution in [0.4, 0.5) is 5.69 Å². The van der Waals surface area contributed by atoms with Crippen LogP contribution in [0.2, 0.25) is 15.1 Å². The van der Waals surface area contributed by atoms with Gasteiger partial charge in [0, 0.05) is 41.1 Å². The molecule has 0 unspecified atom stereocenters. The Bertz CT molecular complexity index is 1190. The van der Waals surface area contributed by atoms with E-state index in [4.69, 9.17) is 34.8 Å². The van der Waals surface area contributed by atoms with Crippen LogP contribution < -0.4 is 9.62 Å². The smallest absolute Gasteiger partial charge is 0.242 e. The minimum Gasteiger partial charge on any atom is -0.355 e. The molecule has 0 aliphatic carbocycles. The third-order valence-corrected chi connectivity index (χ3v) is 7.93. The van der Waals surface area contributed by atoms with Crippen molar-refractivity contribution in [3.8, 4) is 0 Å². The number of halogens is 3. The SMILES string of the molecule is CCNC(=O)[C@@H](CC)N(Cc1ccc(Cl)cc1Cl)C(=O)CCCN(c1cccc(Cl)c1C)S(C)(=O)=O. The molecule has 0 aliphatic rings. The number of likely N-dealkylation sites (N-methyl/N-ethyl adjacent to an activating group) is 1. The lowest BCUT2D eigenvalue weighted by Gasteiger charge is -2.31. The third-order valence-electron chi connectivity index (χ3n) is 5.75. The summed E-state index contributed by atoms with van der Waals surface area (Å²) in [5, 5.41) is 4.10. The van der Waals surface area contributed by atoms with Crippen molar-refractivity contribution >= 4 is 62.3 Å². The zero-order valence-electron chi connectivity index (χ0n) is 20.9. The number of nitrogens with zero attached hydrogens (tertiary/aromatic N) is 2. The molecule has 11 heteroatoms. The maximum atomic E-state index is 13.4. The van der Waals surface area contributed by atoms with Gasteiger partial charge in [-0.1, -0.05) is 53.9 Å². The van der Waals surface area contributed by atoms with Crippen molar-refractivity contribution < 1.29 is 18.0 Å². The number of nitrogens with one attached hydrogen (secondary N) is 1. The Labute approximate surface area is 228 Å². The lowest BCUT2D eigenvalue weighted by Crippen LogP contribution is -2.49. The topological polar surface area (TPSA) is 86.8 Å². The molecule has 2 amide bonds. The number of hydrogen-bond acceptors (Lipinski definition) is 4. The predicted molar refractivity (Wildman–Crippen MR) is 147 cm³/mol. The van der Waals surface area contributed by atoms with Crippen LogP contribution in [0.15, 0.2) is 36.4 Å². The van der Waals surface area contributed by atoms with Gasteiger partial charge in [0.25, 0.3) is 0 Å². The molecule has 2 aromatic rings. The predicted octanol–water partition coefficient (Wildman–Crippen LogP) is 5.44. The first-order chi connectivity index (χ1) is 16.9. The fraction of sp³-hybridized carbons (Fsp3) is 0.440. The molecule has 0 aliphatic heterocycles. The van der Waals surface area contributed by atoms with Crippen molar-refractivity contribution in [2.75, 3.05) is 23.7 Å². The van der Waals surface area contributed by atoms with Crippen LogP contribution in [-0.4, -0.2) is 50.5 Å². The van der Waals surface area contributed by atoms with Gasteiger partial charge in [-0.15, -0.1) is 0 Å². The Kier molecular flexibility index (Phi) is 11.3. The molecule has 2 rings (SSSR count). The van der Waals surface area contributed by atoms with Gasteiger partial charge in [-0.3, -0.25) is 13.9 Å². The number of sulfonamides is 1. The molecular formula is C25H32Cl3N3O4S. The van der Waals surface area contributed by atoms with E-state index in [0.29, 0.717) is 44.8 Å². The lowest BCUT2D eigenvalue weighted by atomic mass is 10.1. The number of carbonyl (C=O) groups is 2. The van der Waals surface area contributed by atoms with Crippen LogP contribution in [0.1, 0.15) is 44.2 Å². The first-order valence-electron chi connectivity index (χ1n) is 11.6. The van der Waals surface area contributed by atoms with Gasteiger partial charge in [-0.25, -0.2) is 8.42 Å². The molecule has 1 N–H and O–H groups in total. The molecule has 0 spiro atoms. The first-order valence-corrected chi connectivity index (χ1v) is 14.6. The number of benzene rings is 2. The van der Waals surface area contributed by atoms with E-state index < -0.39 is 16.1 Å². The molecular weight excluding hydrogens is 545 g/mol. The molecule has 7 nitrogen and oxygen atoms in total. The second-order valence-corrected chi connectivity index (χ2v) is 11.6. The summed E-state index contributed by atoms with van der Waals surface area (Å²) < 4.78 is 26.3. The second kappa shape index (κ2) is 13.5. The van der Waals surface area contributed by atoms with E-state index in [-0.39, 0.29) is 37.7 Å². The average molecular weight is 577 g/mol. The molecule has 36 heavy (non-hydrogen) atoms. The van der Waals surface area contributed by atoms with E-state index in [1.54, 1.807) is 43.3 Å². The zero-order chi connectivity index (χ0) is 27.0. The van der Waals surface area contributed by atoms with Crippen LogP contribution in [0.3, 0.4) is 0 Å². The van der Waals surface area contributed by atoms with E-state index in [1.807, 2.05) is 13.8 Å². The van der Waals surface area contributed by atoms with Crippen LogP contribution in [0.25, 0.3) is 0 Å². The molecule has 0 fully saturated rings. The monoisotopic (exact) mass is 575 g/mol. The van der Waals surface area contributed by atoms with E-state index in [9.17, 15) is 18.0 Å². The second-order valence-electron chi connectivity index (χ2n) is 8.40. The molecule has 1 atom stereocenters. The normalized spacial score (nSPS) is 12.2. The largest absolute Gasteiger partial charge is 0.355 e. The summed E-state index contributed by atoms with van der Waals surface area (Å²) in [5.74, 6) is -0.541. The van der Waals surface area contributed by atoms with Gasteiger partial charge in [0.1, 0.15) is 6.04 Å². The number of carbonyl (C=O) groups excluding carboxylic acids is 2. The zero-order valence-corrected chi connectivity index (χ0v) is 23.9. The highest BCUT2D eigenvalue weighted by atomic mass is 35.5. The Balaban J connectivity index is 2.27. The van der Waals surface area contributed by atoms with Crippen molar-refractivity contribution in [3.05, 3.63) is 62.6 Å². The van der Waals surface area contributed by atoms with Crippen LogP contribution in [-0.2, 0) is 26.2 Å². The quantitative estimate of drug-likeness (QED) is 0.364. The van der Waals surface area contributed by atoms with Crippen LogP contribution in [0, 0.1) is 6.92 Å². The van der Waals surface area contributed by atoms with Crippen LogP contribution in [0.5, 0.6) is 0 Å². The van der Waals surface area contributed by atoms with Gasteiger partial charge in [-0.2, -0.15) is 0 Å². The molecule has 0 aromatic heterocycles. The van der Waals surface area contributed by atoms with Crippen molar-refractivity contribution in [2.45, 2.75) is 52.6 Å². The minimum atomic E-state index is -3.62. The first kappa shape index (κ1) is 30.2. The Hall–Kier alpha value is -2.00. The summed E-state index contributed by atoms with van der Waals surface area (Å²) >= 11 is 18.6. The van der Waals surface area contributed by atoms with Gasteiger partial charge in [0.15, 0.2) is 0 Å². The minimum absolute atomic E-state index is 0.0345. The third kappa shape index (κ3) is 8.00. The van der Waals surface area contributed by atoms with E-state index in [2.05, 4.69) is 5.32 Å². The van der Waals surface area contributed by atoms with Crippen molar-refractivity contribution in [2.24, 2.45) is 0 Å². The van der Waals surface area contributed by atoms with Crippen molar-refractivity contribution in [1.29, 1.82) is 0 Å². The molecule has 0 saturated carbocycles. The average Bonchev–Trinajstić information content (AvgIpc) is 2.79. The van der Waals surface area contributed by atoms with Crippen LogP contribution >= 0.6 is 34.8 Å². The summed E-state index contributed by atoms with van der Waals surface area (Å²) in [6.07, 6.45) is 1.80. The summed E-state index contributed by atoms with van der Waals surface area (Å²) in [6.45, 7) is 6.02. The fourth-order valence-corrected chi connectivity index (χ4v) is 5.55. The summed E-state index contributed by atoms with van der Waals surface area (Å²) in [5.41, 5.74) is 1.76. The summed E-state index contributed by atoms with van der Waals surface area (Å²) in [6, 6.07) is 9.34. The van der Waals surface area contributed by atoms with E-state index >= 15 is 0 Å². The number of hydrogen-bond donors (Lipinski definition) is 1. The van der Waals surface area contributed by atoms with Gasteiger partial charge < -0.3 is 10.2 Å². The van der Waals surface area contributed by atoms with Gasteiger partial charge in [0.2, 0.25) is 21.8 Å². The van der Waals surface area contributed by atoms with E-state index in [1.165, 1.54) is 9.21 Å². The van der Waals surface area contributed by atoms with Gasteiger partial charge in [0.05, 0.1) is 11.9 Å². The molecule has 0 radical (unpaired) electrons. The molecule has 198 valence electrons. The van der Waals surface area contributed by atoms with E-state index in [0.717, 1.165) is 6.26 Å². The highest BCUT2D eigenvalue weighted by molar-refractivity contribution is 7.92. The van der Waals surface area contributed by atoms with Crippen molar-refractivity contribution in [3.63, 3.8) is 0 Å². The van der Waals surface area contributed by atoms with Gasteiger partial charge >= 0.3 is 0 Å². The molecule has 0 bridgehead atoms. The van der Waals surface area contributed by atoms with Gasteiger partial charge in [-0.05, 0) is 62.1 Å². The highest BCUT2D eigenvalue weighted by Gasteiger charge is 2.29. The summed E-state index contributed by atoms with van der Waals surface area (Å²) in [7, 11) is -3.62. The maximum absolute atomic E-state index is 13.4. The Morgan fingerprint density at radius 3 is 2.33 bits per heavy atom.